The maximum Gasteiger partial charge on any atom is 0.321 e. The molecule has 2 heterocycles. The molecule has 1 aromatic heterocycles. The van der Waals surface area contributed by atoms with Crippen LogP contribution < -0.4 is 19.5 Å². The summed E-state index contributed by atoms with van der Waals surface area (Å²) in [5.41, 5.74) is 0.629. The molecule has 26 heavy (non-hydrogen) atoms. The lowest BCUT2D eigenvalue weighted by Gasteiger charge is -2.31. The molecule has 138 valence electrons. The van der Waals surface area contributed by atoms with E-state index in [1.165, 1.54) is 0 Å². The van der Waals surface area contributed by atoms with Crippen molar-refractivity contribution in [3.63, 3.8) is 0 Å². The monoisotopic (exact) mass is 358 g/mol. The summed E-state index contributed by atoms with van der Waals surface area (Å²) in [5.74, 6) is 1.75. The number of hydrogen-bond acceptors (Lipinski definition) is 6. The lowest BCUT2D eigenvalue weighted by molar-refractivity contribution is 0.110. The second kappa shape index (κ2) is 8.37. The molecule has 0 radical (unpaired) electrons. The molecule has 0 bridgehead atoms. The summed E-state index contributed by atoms with van der Waals surface area (Å²) < 4.78 is 16.2. The number of carbonyl (C=O) groups excluding carboxylic acids is 1. The van der Waals surface area contributed by atoms with Crippen LogP contribution >= 0.6 is 0 Å². The van der Waals surface area contributed by atoms with Gasteiger partial charge in [-0.2, -0.15) is 5.10 Å². The quantitative estimate of drug-likeness (QED) is 0.884. The lowest BCUT2D eigenvalue weighted by Crippen LogP contribution is -2.43. The van der Waals surface area contributed by atoms with E-state index >= 15 is 0 Å². The van der Waals surface area contributed by atoms with E-state index < -0.39 is 0 Å². The number of carbonyl (C=O) groups is 1. The van der Waals surface area contributed by atoms with Crippen LogP contribution in [-0.4, -0.2) is 54.5 Å². The van der Waals surface area contributed by atoms with Crippen molar-refractivity contribution in [2.24, 2.45) is 0 Å². The van der Waals surface area contributed by atoms with Crippen molar-refractivity contribution in [3.05, 3.63) is 36.5 Å². The SMILES string of the molecule is COc1cc(NC(=O)N2CCC(Oc3cccnn3)CC2)cc(OC)c1. The molecule has 8 nitrogen and oxygen atoms in total. The van der Waals surface area contributed by atoms with Crippen LogP contribution in [0.15, 0.2) is 36.5 Å². The molecule has 2 amide bonds. The van der Waals surface area contributed by atoms with Gasteiger partial charge in [-0.1, -0.05) is 0 Å². The number of likely N-dealkylation sites (tertiary alicyclic amines) is 1. The Morgan fingerprint density at radius 2 is 1.85 bits per heavy atom. The fourth-order valence-corrected chi connectivity index (χ4v) is 2.78. The van der Waals surface area contributed by atoms with Gasteiger partial charge in [0, 0.05) is 62.1 Å². The Morgan fingerprint density at radius 1 is 1.15 bits per heavy atom. The molecule has 0 unspecified atom stereocenters. The van der Waals surface area contributed by atoms with Crippen molar-refractivity contribution >= 4 is 11.7 Å². The average molecular weight is 358 g/mol. The normalized spacial score (nSPS) is 14.6. The van der Waals surface area contributed by atoms with Crippen LogP contribution in [0.2, 0.25) is 0 Å². The molecule has 0 aliphatic carbocycles. The molecule has 8 heteroatoms. The zero-order valence-corrected chi connectivity index (χ0v) is 14.8. The van der Waals surface area contributed by atoms with Crippen molar-refractivity contribution in [1.82, 2.24) is 15.1 Å². The third-order valence-electron chi connectivity index (χ3n) is 4.17. The van der Waals surface area contributed by atoms with Gasteiger partial charge in [-0.25, -0.2) is 4.79 Å². The minimum Gasteiger partial charge on any atom is -0.497 e. The highest BCUT2D eigenvalue weighted by Gasteiger charge is 2.24. The summed E-state index contributed by atoms with van der Waals surface area (Å²) in [6.07, 6.45) is 3.12. The highest BCUT2D eigenvalue weighted by Crippen LogP contribution is 2.26. The van der Waals surface area contributed by atoms with Crippen molar-refractivity contribution in [2.75, 3.05) is 32.6 Å². The van der Waals surface area contributed by atoms with Gasteiger partial charge in [0.2, 0.25) is 5.88 Å². The predicted molar refractivity (Wildman–Crippen MR) is 95.8 cm³/mol. The van der Waals surface area contributed by atoms with Gasteiger partial charge in [0.15, 0.2) is 0 Å². The van der Waals surface area contributed by atoms with E-state index in [1.54, 1.807) is 55.6 Å². The predicted octanol–water partition coefficient (Wildman–Crippen LogP) is 2.57. The second-order valence-corrected chi connectivity index (χ2v) is 5.90. The van der Waals surface area contributed by atoms with Gasteiger partial charge in [-0.15, -0.1) is 5.10 Å². The molecule has 1 aliphatic heterocycles. The number of piperidine rings is 1. The highest BCUT2D eigenvalue weighted by molar-refractivity contribution is 5.89. The number of nitrogens with one attached hydrogen (secondary N) is 1. The maximum atomic E-state index is 12.5. The first-order valence-electron chi connectivity index (χ1n) is 8.41. The standard InChI is InChI=1S/C18H22N4O4/c1-24-15-10-13(11-16(12-15)25-2)20-18(23)22-8-5-14(6-9-22)26-17-4-3-7-19-21-17/h3-4,7,10-12,14H,5-6,8-9H2,1-2H3,(H,20,23). The Hall–Kier alpha value is -3.03. The van der Waals surface area contributed by atoms with Crippen LogP contribution in [-0.2, 0) is 0 Å². The summed E-state index contributed by atoms with van der Waals surface area (Å²) in [6.45, 7) is 1.22. The van der Waals surface area contributed by atoms with Crippen LogP contribution in [0.4, 0.5) is 10.5 Å². The molecule has 1 aliphatic rings. The third kappa shape index (κ3) is 4.53. The van der Waals surface area contributed by atoms with Gasteiger partial charge >= 0.3 is 6.03 Å². The number of hydrogen-bond donors (Lipinski definition) is 1. The van der Waals surface area contributed by atoms with E-state index in [-0.39, 0.29) is 12.1 Å². The average Bonchev–Trinajstić information content (AvgIpc) is 2.69. The van der Waals surface area contributed by atoms with Crippen LogP contribution in [0.25, 0.3) is 0 Å². The molecule has 3 rings (SSSR count). The summed E-state index contributed by atoms with van der Waals surface area (Å²) in [6, 6.07) is 8.67. The van der Waals surface area contributed by atoms with Gasteiger partial charge in [0.25, 0.3) is 0 Å². The molecule has 1 aromatic carbocycles. The summed E-state index contributed by atoms with van der Waals surface area (Å²) in [7, 11) is 3.14. The van der Waals surface area contributed by atoms with Crippen LogP contribution in [0.1, 0.15) is 12.8 Å². The Kier molecular flexibility index (Phi) is 5.73. The van der Waals surface area contributed by atoms with E-state index in [0.29, 0.717) is 36.2 Å². The fourth-order valence-electron chi connectivity index (χ4n) is 2.78. The highest BCUT2D eigenvalue weighted by atomic mass is 16.5. The van der Waals surface area contributed by atoms with E-state index in [2.05, 4.69) is 15.5 Å². The van der Waals surface area contributed by atoms with Gasteiger partial charge < -0.3 is 24.4 Å². The van der Waals surface area contributed by atoms with Crippen molar-refractivity contribution < 1.29 is 19.0 Å². The Balaban J connectivity index is 1.54. The van der Waals surface area contributed by atoms with Crippen molar-refractivity contribution in [2.45, 2.75) is 18.9 Å². The number of amides is 2. The molecule has 0 spiro atoms. The van der Waals surface area contributed by atoms with Crippen LogP contribution in [0.5, 0.6) is 17.4 Å². The number of anilines is 1. The molecule has 2 aromatic rings. The third-order valence-corrected chi connectivity index (χ3v) is 4.17. The van der Waals surface area contributed by atoms with Crippen LogP contribution in [0, 0.1) is 0 Å². The number of urea groups is 1. The second-order valence-electron chi connectivity index (χ2n) is 5.90. The minimum atomic E-state index is -0.154. The molecule has 0 atom stereocenters. The molecular weight excluding hydrogens is 336 g/mol. The lowest BCUT2D eigenvalue weighted by atomic mass is 10.1. The number of nitrogens with zero attached hydrogens (tertiary/aromatic N) is 3. The number of methoxy groups -OCH3 is 2. The number of aromatic nitrogens is 2. The zero-order valence-electron chi connectivity index (χ0n) is 14.8. The summed E-state index contributed by atoms with van der Waals surface area (Å²) in [4.78, 5) is 14.3. The Morgan fingerprint density at radius 3 is 2.42 bits per heavy atom. The smallest absolute Gasteiger partial charge is 0.321 e. The van der Waals surface area contributed by atoms with E-state index in [4.69, 9.17) is 14.2 Å². The largest absolute Gasteiger partial charge is 0.497 e. The van der Waals surface area contributed by atoms with E-state index in [1.807, 2.05) is 0 Å². The van der Waals surface area contributed by atoms with Crippen LogP contribution in [0.3, 0.4) is 0 Å². The Labute approximate surface area is 152 Å². The van der Waals surface area contributed by atoms with E-state index in [9.17, 15) is 4.79 Å². The zero-order chi connectivity index (χ0) is 18.4. The summed E-state index contributed by atoms with van der Waals surface area (Å²) in [5, 5.41) is 10.6. The first kappa shape index (κ1) is 17.8. The van der Waals surface area contributed by atoms with Gasteiger partial charge in [-0.05, 0) is 6.07 Å². The fraction of sp³-hybridized carbons (Fsp3) is 0.389. The molecule has 0 saturated carbocycles. The minimum absolute atomic E-state index is 0.0349. The molecule has 1 N–H and O–H groups in total. The van der Waals surface area contributed by atoms with Crippen molar-refractivity contribution in [1.29, 1.82) is 0 Å². The van der Waals surface area contributed by atoms with Gasteiger partial charge in [-0.3, -0.25) is 0 Å². The molecular formula is C18H22N4O4. The maximum absolute atomic E-state index is 12.5. The first-order chi connectivity index (χ1) is 12.7. The van der Waals surface area contributed by atoms with E-state index in [0.717, 1.165) is 12.8 Å². The first-order valence-corrected chi connectivity index (χ1v) is 8.41. The topological polar surface area (TPSA) is 85.8 Å². The summed E-state index contributed by atoms with van der Waals surface area (Å²) >= 11 is 0. The molecule has 1 fully saturated rings. The number of ether oxygens (including phenoxy) is 3. The van der Waals surface area contributed by atoms with Gasteiger partial charge in [0.05, 0.1) is 14.2 Å². The molecule has 1 saturated heterocycles. The van der Waals surface area contributed by atoms with Gasteiger partial charge in [0.1, 0.15) is 17.6 Å². The van der Waals surface area contributed by atoms with Crippen molar-refractivity contribution in [3.8, 4) is 17.4 Å². The Bertz CT molecular complexity index is 711. The number of benzene rings is 1. The number of rotatable bonds is 5.